The fourth-order valence-corrected chi connectivity index (χ4v) is 3.62. The molecule has 3 nitrogen and oxygen atoms in total. The number of rotatable bonds is 3. The third-order valence-corrected chi connectivity index (χ3v) is 5.04. The van der Waals surface area contributed by atoms with E-state index in [1.54, 1.807) is 0 Å². The maximum atomic E-state index is 6.57. The highest BCUT2D eigenvalue weighted by atomic mass is 35.5. The molecule has 4 heteroatoms. The van der Waals surface area contributed by atoms with E-state index in [0.29, 0.717) is 5.02 Å². The Bertz CT molecular complexity index is 1260. The van der Waals surface area contributed by atoms with Gasteiger partial charge in [-0.3, -0.25) is 0 Å². The van der Waals surface area contributed by atoms with E-state index in [1.165, 1.54) is 0 Å². The van der Waals surface area contributed by atoms with Crippen LogP contribution in [0.3, 0.4) is 0 Å². The molecule has 0 fully saturated rings. The van der Waals surface area contributed by atoms with Crippen LogP contribution in [0.1, 0.15) is 0 Å². The summed E-state index contributed by atoms with van der Waals surface area (Å²) in [6, 6.07) is 30.1. The van der Waals surface area contributed by atoms with Crippen LogP contribution in [-0.4, -0.2) is 14.8 Å². The third-order valence-electron chi connectivity index (χ3n) is 4.72. The summed E-state index contributed by atoms with van der Waals surface area (Å²) in [7, 11) is 0. The number of para-hydroxylation sites is 2. The van der Waals surface area contributed by atoms with Gasteiger partial charge in [0.1, 0.15) is 5.69 Å². The van der Waals surface area contributed by atoms with Crippen LogP contribution in [-0.2, 0) is 0 Å². The smallest absolute Gasteiger partial charge is 0.102 e. The van der Waals surface area contributed by atoms with E-state index < -0.39 is 0 Å². The van der Waals surface area contributed by atoms with Gasteiger partial charge in [0.2, 0.25) is 0 Å². The van der Waals surface area contributed by atoms with E-state index in [-0.39, 0.29) is 0 Å². The molecule has 0 radical (unpaired) electrons. The minimum absolute atomic E-state index is 0.687. The van der Waals surface area contributed by atoms with E-state index in [1.807, 2.05) is 89.7 Å². The maximum absolute atomic E-state index is 6.57. The van der Waals surface area contributed by atoms with E-state index in [0.717, 1.165) is 39.1 Å². The average molecular weight is 382 g/mol. The maximum Gasteiger partial charge on any atom is 0.102 e. The normalized spacial score (nSPS) is 11.0. The standard InChI is InChI=1S/C24H16ClN3/c25-21-15-23(26-22-14-8-7-13-19(21)22)20-16-28(18-11-5-2-6-12-18)27-24(20)17-9-3-1-4-10-17/h1-16H. The zero-order chi connectivity index (χ0) is 18.9. The van der Waals surface area contributed by atoms with Gasteiger partial charge in [0, 0.05) is 22.7 Å². The number of nitrogens with zero attached hydrogens (tertiary/aromatic N) is 3. The SMILES string of the molecule is Clc1cc(-c2cn(-c3ccccc3)nc2-c2ccccc2)nc2ccccc12. The zero-order valence-electron chi connectivity index (χ0n) is 15.0. The number of halogens is 1. The van der Waals surface area contributed by atoms with Crippen LogP contribution < -0.4 is 0 Å². The highest BCUT2D eigenvalue weighted by Gasteiger charge is 2.16. The Balaban J connectivity index is 1.75. The second-order valence-corrected chi connectivity index (χ2v) is 6.95. The van der Waals surface area contributed by atoms with Crippen molar-refractivity contribution in [3.8, 4) is 28.2 Å². The molecule has 0 unspecified atom stereocenters. The molecule has 0 aliphatic rings. The predicted octanol–water partition coefficient (Wildman–Crippen LogP) is 6.41. The van der Waals surface area contributed by atoms with Crippen molar-refractivity contribution < 1.29 is 0 Å². The van der Waals surface area contributed by atoms with E-state index >= 15 is 0 Å². The summed E-state index contributed by atoms with van der Waals surface area (Å²) in [5.41, 5.74) is 5.54. The summed E-state index contributed by atoms with van der Waals surface area (Å²) < 4.78 is 1.89. The molecule has 0 aliphatic carbocycles. The quantitative estimate of drug-likeness (QED) is 0.361. The van der Waals surface area contributed by atoms with Gasteiger partial charge in [-0.2, -0.15) is 5.10 Å². The molecule has 0 aliphatic heterocycles. The summed E-state index contributed by atoms with van der Waals surface area (Å²) in [6.45, 7) is 0. The fourth-order valence-electron chi connectivity index (χ4n) is 3.35. The molecule has 2 aromatic heterocycles. The van der Waals surface area contributed by atoms with Gasteiger partial charge in [0.05, 0.1) is 21.9 Å². The number of hydrogen-bond donors (Lipinski definition) is 0. The van der Waals surface area contributed by atoms with Crippen LogP contribution in [0, 0.1) is 0 Å². The van der Waals surface area contributed by atoms with Gasteiger partial charge >= 0.3 is 0 Å². The zero-order valence-corrected chi connectivity index (χ0v) is 15.7. The van der Waals surface area contributed by atoms with Crippen molar-refractivity contribution in [1.82, 2.24) is 14.8 Å². The number of fused-ring (bicyclic) bond motifs is 1. The molecule has 28 heavy (non-hydrogen) atoms. The molecule has 134 valence electrons. The molecular weight excluding hydrogens is 366 g/mol. The van der Waals surface area contributed by atoms with Gasteiger partial charge in [-0.1, -0.05) is 78.3 Å². The Morgan fingerprint density at radius 2 is 1.43 bits per heavy atom. The average Bonchev–Trinajstić information content (AvgIpc) is 3.21. The largest absolute Gasteiger partial charge is 0.248 e. The monoisotopic (exact) mass is 381 g/mol. The van der Waals surface area contributed by atoms with Gasteiger partial charge in [-0.15, -0.1) is 0 Å². The molecule has 3 aromatic carbocycles. The summed E-state index contributed by atoms with van der Waals surface area (Å²) in [6.07, 6.45) is 2.02. The molecule has 0 atom stereocenters. The predicted molar refractivity (Wildman–Crippen MR) is 115 cm³/mol. The highest BCUT2D eigenvalue weighted by molar-refractivity contribution is 6.35. The summed E-state index contributed by atoms with van der Waals surface area (Å²) >= 11 is 6.57. The molecule has 0 amide bonds. The lowest BCUT2D eigenvalue weighted by Crippen LogP contribution is -1.93. The lowest BCUT2D eigenvalue weighted by Gasteiger charge is -2.06. The van der Waals surface area contributed by atoms with Crippen LogP contribution in [0.5, 0.6) is 0 Å². The van der Waals surface area contributed by atoms with Crippen LogP contribution in [0.25, 0.3) is 39.1 Å². The number of pyridine rings is 1. The molecule has 5 aromatic rings. The minimum atomic E-state index is 0.687. The van der Waals surface area contributed by atoms with Crippen LogP contribution >= 0.6 is 11.6 Å². The Morgan fingerprint density at radius 1 is 0.750 bits per heavy atom. The first kappa shape index (κ1) is 16.7. The summed E-state index contributed by atoms with van der Waals surface area (Å²) in [5, 5.41) is 6.51. The van der Waals surface area contributed by atoms with Crippen molar-refractivity contribution >= 4 is 22.5 Å². The van der Waals surface area contributed by atoms with Crippen molar-refractivity contribution in [3.63, 3.8) is 0 Å². The Morgan fingerprint density at radius 3 is 2.21 bits per heavy atom. The Kier molecular flexibility index (Phi) is 4.15. The van der Waals surface area contributed by atoms with Crippen molar-refractivity contribution in [1.29, 1.82) is 0 Å². The van der Waals surface area contributed by atoms with Gasteiger partial charge < -0.3 is 0 Å². The first-order valence-electron chi connectivity index (χ1n) is 9.06. The fraction of sp³-hybridized carbons (Fsp3) is 0. The second-order valence-electron chi connectivity index (χ2n) is 6.54. The molecule has 0 N–H and O–H groups in total. The lowest BCUT2D eigenvalue weighted by molar-refractivity contribution is 0.884. The Hall–Kier alpha value is -3.43. The lowest BCUT2D eigenvalue weighted by atomic mass is 10.0. The summed E-state index contributed by atoms with van der Waals surface area (Å²) in [4.78, 5) is 4.86. The topological polar surface area (TPSA) is 30.7 Å². The van der Waals surface area contributed by atoms with Crippen LogP contribution in [0.15, 0.2) is 97.2 Å². The first-order valence-corrected chi connectivity index (χ1v) is 9.43. The molecule has 0 spiro atoms. The summed E-state index contributed by atoms with van der Waals surface area (Å²) in [5.74, 6) is 0. The second kappa shape index (κ2) is 6.95. The molecule has 0 saturated heterocycles. The van der Waals surface area contributed by atoms with Crippen molar-refractivity contribution in [3.05, 3.63) is 102 Å². The van der Waals surface area contributed by atoms with Gasteiger partial charge in [0.25, 0.3) is 0 Å². The molecule has 0 saturated carbocycles. The van der Waals surface area contributed by atoms with E-state index in [4.69, 9.17) is 21.7 Å². The molecule has 5 rings (SSSR count). The van der Waals surface area contributed by atoms with Crippen LogP contribution in [0.2, 0.25) is 5.02 Å². The van der Waals surface area contributed by atoms with Crippen molar-refractivity contribution in [2.75, 3.05) is 0 Å². The highest BCUT2D eigenvalue weighted by Crippen LogP contribution is 2.34. The number of benzene rings is 3. The van der Waals surface area contributed by atoms with Crippen LogP contribution in [0.4, 0.5) is 0 Å². The Labute approximate surface area is 167 Å². The number of aromatic nitrogens is 3. The van der Waals surface area contributed by atoms with Gasteiger partial charge in [0.15, 0.2) is 0 Å². The molecule has 0 bridgehead atoms. The van der Waals surface area contributed by atoms with E-state index in [9.17, 15) is 0 Å². The molecular formula is C24H16ClN3. The molecule has 2 heterocycles. The minimum Gasteiger partial charge on any atom is -0.248 e. The number of hydrogen-bond acceptors (Lipinski definition) is 2. The van der Waals surface area contributed by atoms with Gasteiger partial charge in [-0.05, 0) is 24.3 Å². The third kappa shape index (κ3) is 2.96. The van der Waals surface area contributed by atoms with Crippen molar-refractivity contribution in [2.24, 2.45) is 0 Å². The van der Waals surface area contributed by atoms with Crippen molar-refractivity contribution in [2.45, 2.75) is 0 Å². The van der Waals surface area contributed by atoms with Gasteiger partial charge in [-0.25, -0.2) is 9.67 Å². The first-order chi connectivity index (χ1) is 13.8. The van der Waals surface area contributed by atoms with E-state index in [2.05, 4.69) is 12.1 Å².